The van der Waals surface area contributed by atoms with Crippen LogP contribution in [0.2, 0.25) is 0 Å². The molecule has 21 heavy (non-hydrogen) atoms. The minimum Gasteiger partial charge on any atom is -0.480 e. The highest BCUT2D eigenvalue weighted by atomic mass is 16.4. The monoisotopic (exact) mass is 294 g/mol. The lowest BCUT2D eigenvalue weighted by molar-refractivity contribution is -0.145. The van der Waals surface area contributed by atoms with Gasteiger partial charge in [0.2, 0.25) is 0 Å². The molecular weight excluding hydrogens is 272 g/mol. The average Bonchev–Trinajstić information content (AvgIpc) is 2.86. The van der Waals surface area contributed by atoms with Gasteiger partial charge in [0.05, 0.1) is 12.3 Å². The Bertz CT molecular complexity index is 476. The fourth-order valence-corrected chi connectivity index (χ4v) is 2.78. The molecule has 2 amide bonds. The maximum absolute atomic E-state index is 12.1. The van der Waals surface area contributed by atoms with Crippen LogP contribution in [-0.2, 0) is 4.79 Å². The number of aliphatic carboxylic acids is 1. The molecular formula is C15H22N2O4. The summed E-state index contributed by atoms with van der Waals surface area (Å²) < 4.78 is 5.22. The molecule has 3 N–H and O–H groups in total. The smallest absolute Gasteiger partial charge is 0.329 e. The normalized spacial score (nSPS) is 19.3. The number of carboxylic acids is 1. The molecule has 0 spiro atoms. The number of hydrogen-bond donors (Lipinski definition) is 3. The first-order valence-corrected chi connectivity index (χ1v) is 7.39. The van der Waals surface area contributed by atoms with Crippen LogP contribution in [0.25, 0.3) is 0 Å². The van der Waals surface area contributed by atoms with Crippen LogP contribution >= 0.6 is 0 Å². The van der Waals surface area contributed by atoms with E-state index in [9.17, 15) is 14.7 Å². The van der Waals surface area contributed by atoms with Gasteiger partial charge in [0.25, 0.3) is 0 Å². The van der Waals surface area contributed by atoms with Crippen LogP contribution in [0.3, 0.4) is 0 Å². The summed E-state index contributed by atoms with van der Waals surface area (Å²) in [5.41, 5.74) is -1.15. The second-order valence-corrected chi connectivity index (χ2v) is 5.64. The maximum atomic E-state index is 12.1. The van der Waals surface area contributed by atoms with Crippen LogP contribution < -0.4 is 10.6 Å². The van der Waals surface area contributed by atoms with Crippen LogP contribution in [0.15, 0.2) is 22.8 Å². The van der Waals surface area contributed by atoms with Gasteiger partial charge >= 0.3 is 12.0 Å². The quantitative estimate of drug-likeness (QED) is 0.745. The van der Waals surface area contributed by atoms with Gasteiger partial charge < -0.3 is 20.2 Å². The van der Waals surface area contributed by atoms with Gasteiger partial charge in [-0.1, -0.05) is 25.7 Å². The van der Waals surface area contributed by atoms with Crippen LogP contribution in [0.5, 0.6) is 0 Å². The second kappa shape index (κ2) is 6.65. The van der Waals surface area contributed by atoms with Gasteiger partial charge in [-0.25, -0.2) is 9.59 Å². The Morgan fingerprint density at radius 3 is 2.48 bits per heavy atom. The van der Waals surface area contributed by atoms with E-state index in [0.29, 0.717) is 18.6 Å². The van der Waals surface area contributed by atoms with E-state index in [1.807, 2.05) is 0 Å². The summed E-state index contributed by atoms with van der Waals surface area (Å²) in [6.45, 7) is 1.79. The summed E-state index contributed by atoms with van der Waals surface area (Å²) in [4.78, 5) is 23.7. The van der Waals surface area contributed by atoms with Crippen molar-refractivity contribution < 1.29 is 19.1 Å². The highest BCUT2D eigenvalue weighted by molar-refractivity contribution is 5.86. The van der Waals surface area contributed by atoms with Gasteiger partial charge in [-0.05, 0) is 31.9 Å². The van der Waals surface area contributed by atoms with Crippen molar-refractivity contribution in [3.8, 4) is 0 Å². The van der Waals surface area contributed by atoms with E-state index in [1.54, 1.807) is 19.1 Å². The first kappa shape index (κ1) is 15.4. The molecule has 1 saturated carbocycles. The van der Waals surface area contributed by atoms with Crippen LogP contribution in [0.1, 0.15) is 57.3 Å². The summed E-state index contributed by atoms with van der Waals surface area (Å²) >= 11 is 0. The molecule has 6 heteroatoms. The van der Waals surface area contributed by atoms with Crippen LogP contribution in [0, 0.1) is 0 Å². The van der Waals surface area contributed by atoms with Crippen molar-refractivity contribution in [2.24, 2.45) is 0 Å². The second-order valence-electron chi connectivity index (χ2n) is 5.64. The summed E-state index contributed by atoms with van der Waals surface area (Å²) in [6.07, 6.45) is 6.16. The lowest BCUT2D eigenvalue weighted by atomic mass is 9.90. The molecule has 1 atom stereocenters. The summed E-state index contributed by atoms with van der Waals surface area (Å²) in [6, 6.07) is 2.73. The fraction of sp³-hybridized carbons (Fsp3) is 0.600. The van der Waals surface area contributed by atoms with Gasteiger partial charge in [0.1, 0.15) is 11.3 Å². The lowest BCUT2D eigenvalue weighted by Crippen LogP contribution is -2.57. The number of hydrogen-bond acceptors (Lipinski definition) is 3. The van der Waals surface area contributed by atoms with Gasteiger partial charge in [0.15, 0.2) is 0 Å². The third-order valence-corrected chi connectivity index (χ3v) is 4.04. The van der Waals surface area contributed by atoms with Gasteiger partial charge in [-0.2, -0.15) is 0 Å². The summed E-state index contributed by atoms with van der Waals surface area (Å²) in [5.74, 6) is -0.319. The van der Waals surface area contributed by atoms with E-state index in [1.165, 1.54) is 6.26 Å². The van der Waals surface area contributed by atoms with Gasteiger partial charge in [0, 0.05) is 0 Å². The lowest BCUT2D eigenvalue weighted by Gasteiger charge is -2.29. The van der Waals surface area contributed by atoms with E-state index < -0.39 is 17.5 Å². The Labute approximate surface area is 123 Å². The molecule has 116 valence electrons. The molecule has 0 aliphatic heterocycles. The van der Waals surface area contributed by atoms with Gasteiger partial charge in [-0.3, -0.25) is 0 Å². The van der Waals surface area contributed by atoms with E-state index >= 15 is 0 Å². The molecule has 0 aromatic carbocycles. The third kappa shape index (κ3) is 3.77. The predicted octanol–water partition coefficient (Wildman–Crippen LogP) is 2.82. The third-order valence-electron chi connectivity index (χ3n) is 4.04. The number of carbonyl (C=O) groups is 2. The van der Waals surface area contributed by atoms with E-state index in [4.69, 9.17) is 4.42 Å². The number of rotatable bonds is 4. The summed E-state index contributed by atoms with van der Waals surface area (Å²) in [7, 11) is 0. The number of carboxylic acid groups (broad SMARTS) is 1. The Balaban J connectivity index is 1.99. The van der Waals surface area contributed by atoms with Crippen molar-refractivity contribution in [1.29, 1.82) is 0 Å². The molecule has 1 unspecified atom stereocenters. The predicted molar refractivity (Wildman–Crippen MR) is 76.9 cm³/mol. The average molecular weight is 294 g/mol. The molecule has 1 aliphatic carbocycles. The molecule has 0 bridgehead atoms. The van der Waals surface area contributed by atoms with Gasteiger partial charge in [-0.15, -0.1) is 0 Å². The van der Waals surface area contributed by atoms with Crippen molar-refractivity contribution in [2.75, 3.05) is 0 Å². The fourth-order valence-electron chi connectivity index (χ4n) is 2.78. The van der Waals surface area contributed by atoms with Crippen LogP contribution in [0.4, 0.5) is 4.79 Å². The van der Waals surface area contributed by atoms with Crippen molar-refractivity contribution >= 4 is 12.0 Å². The van der Waals surface area contributed by atoms with Crippen molar-refractivity contribution in [1.82, 2.24) is 10.6 Å². The molecule has 1 aliphatic rings. The molecule has 0 saturated heterocycles. The molecule has 2 rings (SSSR count). The summed E-state index contributed by atoms with van der Waals surface area (Å²) in [5, 5.41) is 14.9. The highest BCUT2D eigenvalue weighted by Gasteiger charge is 2.40. The van der Waals surface area contributed by atoms with Crippen molar-refractivity contribution in [3.63, 3.8) is 0 Å². The standard InChI is InChI=1S/C15H22N2O4/c1-11(12-7-6-10-21-12)16-14(20)17-15(13(18)19)8-4-2-3-5-9-15/h6-7,10-11H,2-5,8-9H2,1H3,(H,18,19)(H2,16,17,20). The SMILES string of the molecule is CC(NC(=O)NC1(C(=O)O)CCCCCC1)c1ccco1. The number of urea groups is 1. The Hall–Kier alpha value is -1.98. The number of nitrogens with one attached hydrogen (secondary N) is 2. The topological polar surface area (TPSA) is 91.6 Å². The Kier molecular flexibility index (Phi) is 4.88. The highest BCUT2D eigenvalue weighted by Crippen LogP contribution is 2.27. The number of furan rings is 1. The van der Waals surface area contributed by atoms with E-state index in [0.717, 1.165) is 25.7 Å². The molecule has 1 aromatic heterocycles. The van der Waals surface area contributed by atoms with Crippen molar-refractivity contribution in [3.05, 3.63) is 24.2 Å². The molecule has 1 aromatic rings. The zero-order valence-corrected chi connectivity index (χ0v) is 12.2. The van der Waals surface area contributed by atoms with E-state index in [-0.39, 0.29) is 6.04 Å². The first-order chi connectivity index (χ1) is 10.0. The Morgan fingerprint density at radius 2 is 1.95 bits per heavy atom. The molecule has 1 fully saturated rings. The maximum Gasteiger partial charge on any atom is 0.329 e. The largest absolute Gasteiger partial charge is 0.480 e. The number of carbonyl (C=O) groups excluding carboxylic acids is 1. The van der Waals surface area contributed by atoms with E-state index in [2.05, 4.69) is 10.6 Å². The minimum absolute atomic E-state index is 0.309. The Morgan fingerprint density at radius 1 is 1.29 bits per heavy atom. The molecule has 0 radical (unpaired) electrons. The minimum atomic E-state index is -1.15. The van der Waals surface area contributed by atoms with Crippen molar-refractivity contribution in [2.45, 2.75) is 57.0 Å². The first-order valence-electron chi connectivity index (χ1n) is 7.39. The molecule has 6 nitrogen and oxygen atoms in total. The number of amides is 2. The van der Waals surface area contributed by atoms with Crippen LogP contribution in [-0.4, -0.2) is 22.6 Å². The zero-order chi connectivity index (χ0) is 15.3. The molecule has 1 heterocycles. The zero-order valence-electron chi connectivity index (χ0n) is 12.2.